The van der Waals surface area contributed by atoms with Crippen LogP contribution in [0.4, 0.5) is 13.2 Å². The Bertz CT molecular complexity index is 997. The summed E-state index contributed by atoms with van der Waals surface area (Å²) in [5, 5.41) is 8.32. The molecule has 0 bridgehead atoms. The van der Waals surface area contributed by atoms with Crippen molar-refractivity contribution >= 4 is 11.8 Å². The molecule has 0 spiro atoms. The summed E-state index contributed by atoms with van der Waals surface area (Å²) in [7, 11) is 1.47. The molecule has 162 valence electrons. The van der Waals surface area contributed by atoms with E-state index in [0.29, 0.717) is 24.8 Å². The molecule has 2 heterocycles. The molecule has 1 aliphatic heterocycles. The average molecular weight is 423 g/mol. The lowest BCUT2D eigenvalue weighted by Gasteiger charge is -2.29. The number of nitrogens with one attached hydrogen (secondary N) is 3. The molecule has 0 radical (unpaired) electrons. The second-order valence-corrected chi connectivity index (χ2v) is 8.19. The fourth-order valence-electron chi connectivity index (χ4n) is 3.40. The number of carbonyl (C=O) groups excluding carboxylic acids is 2. The van der Waals surface area contributed by atoms with Crippen molar-refractivity contribution in [1.29, 1.82) is 0 Å². The third kappa shape index (κ3) is 4.04. The Hall–Kier alpha value is -2.88. The van der Waals surface area contributed by atoms with Gasteiger partial charge in [0.2, 0.25) is 5.91 Å². The van der Waals surface area contributed by atoms with Gasteiger partial charge in [0.15, 0.2) is 17.3 Å². The fourth-order valence-corrected chi connectivity index (χ4v) is 3.40. The van der Waals surface area contributed by atoms with Gasteiger partial charge >= 0.3 is 0 Å². The van der Waals surface area contributed by atoms with Crippen LogP contribution in [0, 0.1) is 22.9 Å². The van der Waals surface area contributed by atoms with E-state index in [2.05, 4.69) is 20.9 Å². The van der Waals surface area contributed by atoms with Crippen LogP contribution in [-0.2, 0) is 17.9 Å². The molecular formula is C20H24F3N5O2. The number of likely N-dealkylation sites (N-methyl/N-ethyl adjacent to an activating group) is 1. The number of aromatic nitrogens is 2. The zero-order valence-electron chi connectivity index (χ0n) is 17.2. The summed E-state index contributed by atoms with van der Waals surface area (Å²) < 4.78 is 43.1. The minimum Gasteiger partial charge on any atom is -0.357 e. The van der Waals surface area contributed by atoms with E-state index < -0.39 is 34.8 Å². The zero-order chi connectivity index (χ0) is 22.2. The van der Waals surface area contributed by atoms with Crippen LogP contribution >= 0.6 is 0 Å². The van der Waals surface area contributed by atoms with Gasteiger partial charge in [0, 0.05) is 32.7 Å². The first kappa shape index (κ1) is 21.8. The van der Waals surface area contributed by atoms with Gasteiger partial charge in [-0.3, -0.25) is 9.59 Å². The molecule has 30 heavy (non-hydrogen) atoms. The van der Waals surface area contributed by atoms with E-state index in [1.54, 1.807) is 25.3 Å². The lowest BCUT2D eigenvalue weighted by Crippen LogP contribution is -2.53. The average Bonchev–Trinajstić information content (AvgIpc) is 3.07. The summed E-state index contributed by atoms with van der Waals surface area (Å²) in [5.74, 6) is -4.45. The van der Waals surface area contributed by atoms with Gasteiger partial charge in [-0.1, -0.05) is 20.8 Å². The topological polar surface area (TPSA) is 88.1 Å². The first-order chi connectivity index (χ1) is 14.0. The van der Waals surface area contributed by atoms with Crippen molar-refractivity contribution in [3.63, 3.8) is 0 Å². The number of benzene rings is 1. The Morgan fingerprint density at radius 2 is 1.83 bits per heavy atom. The van der Waals surface area contributed by atoms with Gasteiger partial charge in [0.05, 0.1) is 11.3 Å². The molecule has 0 aliphatic carbocycles. The van der Waals surface area contributed by atoms with E-state index in [1.807, 2.05) is 0 Å². The van der Waals surface area contributed by atoms with Crippen LogP contribution in [0.3, 0.4) is 0 Å². The molecule has 10 heteroatoms. The Balaban J connectivity index is 2.06. The highest BCUT2D eigenvalue weighted by Gasteiger charge is 2.34. The Kier molecular flexibility index (Phi) is 5.89. The van der Waals surface area contributed by atoms with E-state index in [9.17, 15) is 22.8 Å². The lowest BCUT2D eigenvalue weighted by atomic mass is 9.86. The smallest absolute Gasteiger partial charge is 0.272 e. The van der Waals surface area contributed by atoms with Gasteiger partial charge in [0.1, 0.15) is 17.7 Å². The fraction of sp³-hybridized carbons (Fsp3) is 0.450. The first-order valence-electron chi connectivity index (χ1n) is 9.52. The summed E-state index contributed by atoms with van der Waals surface area (Å²) in [4.78, 5) is 29.6. The number of fused-ring (bicyclic) bond motifs is 1. The van der Waals surface area contributed by atoms with Crippen LogP contribution < -0.4 is 16.0 Å². The number of nitrogens with zero attached hydrogens (tertiary/aromatic N) is 2. The predicted molar refractivity (Wildman–Crippen MR) is 104 cm³/mol. The van der Waals surface area contributed by atoms with Crippen LogP contribution in [-0.4, -0.2) is 41.0 Å². The van der Waals surface area contributed by atoms with Crippen molar-refractivity contribution in [2.24, 2.45) is 5.41 Å². The normalized spacial score (nSPS) is 14.8. The summed E-state index contributed by atoms with van der Waals surface area (Å²) in [6.45, 7) is 6.59. The second-order valence-electron chi connectivity index (χ2n) is 8.19. The maximum absolute atomic E-state index is 14.4. The van der Waals surface area contributed by atoms with Crippen molar-refractivity contribution < 1.29 is 22.8 Å². The number of imidazole rings is 1. The Morgan fingerprint density at radius 1 is 1.17 bits per heavy atom. The minimum atomic E-state index is -1.31. The summed E-state index contributed by atoms with van der Waals surface area (Å²) in [5.41, 5.74) is -0.347. The highest BCUT2D eigenvalue weighted by Crippen LogP contribution is 2.29. The van der Waals surface area contributed by atoms with E-state index >= 15 is 0 Å². The first-order valence-corrected chi connectivity index (χ1v) is 9.52. The third-order valence-electron chi connectivity index (χ3n) is 4.99. The molecule has 3 rings (SSSR count). The van der Waals surface area contributed by atoms with Crippen LogP contribution in [0.5, 0.6) is 0 Å². The molecule has 2 aromatic rings. The standard InChI is InChI=1S/C20H24F3N5O2/c1-20(2,3)16(19(30)24-4)27-18(29)15-14-9-25-5-6-28(14)17(26-15)10-7-12(22)13(23)8-11(10)21/h7-8,16,25H,5-6,9H2,1-4H3,(H,24,30)(H,27,29)/t16-/m1/s1. The summed E-state index contributed by atoms with van der Waals surface area (Å²) in [6.07, 6.45) is 0. The molecule has 0 saturated heterocycles. The van der Waals surface area contributed by atoms with Crippen LogP contribution in [0.15, 0.2) is 12.1 Å². The summed E-state index contributed by atoms with van der Waals surface area (Å²) >= 11 is 0. The van der Waals surface area contributed by atoms with Crippen LogP contribution in [0.25, 0.3) is 11.4 Å². The lowest BCUT2D eigenvalue weighted by molar-refractivity contribution is -0.124. The molecular weight excluding hydrogens is 399 g/mol. The van der Waals surface area contributed by atoms with Gasteiger partial charge in [-0.25, -0.2) is 18.2 Å². The largest absolute Gasteiger partial charge is 0.357 e. The number of hydrogen-bond acceptors (Lipinski definition) is 4. The molecule has 2 amide bonds. The quantitative estimate of drug-likeness (QED) is 0.656. The second kappa shape index (κ2) is 8.10. The molecule has 0 saturated carbocycles. The number of amides is 2. The van der Waals surface area contributed by atoms with Crippen LogP contribution in [0.1, 0.15) is 37.0 Å². The van der Waals surface area contributed by atoms with Crippen molar-refractivity contribution in [3.05, 3.63) is 41.0 Å². The number of carbonyl (C=O) groups is 2. The van der Waals surface area contributed by atoms with Gasteiger partial charge in [-0.2, -0.15) is 0 Å². The molecule has 0 unspecified atom stereocenters. The molecule has 1 aromatic heterocycles. The van der Waals surface area contributed by atoms with E-state index in [-0.39, 0.29) is 29.5 Å². The minimum absolute atomic E-state index is 0.000476. The van der Waals surface area contributed by atoms with E-state index in [4.69, 9.17) is 0 Å². The SMILES string of the molecule is CNC(=O)[C@@H](NC(=O)c1nc(-c2cc(F)c(F)cc2F)n2c1CNCC2)C(C)(C)C. The number of halogens is 3. The molecule has 7 nitrogen and oxygen atoms in total. The van der Waals surface area contributed by atoms with Gasteiger partial charge in [-0.15, -0.1) is 0 Å². The van der Waals surface area contributed by atoms with Gasteiger partial charge < -0.3 is 20.5 Å². The molecule has 1 aromatic carbocycles. The van der Waals surface area contributed by atoms with Gasteiger partial charge in [0.25, 0.3) is 5.91 Å². The molecule has 0 fully saturated rings. The number of hydrogen-bond donors (Lipinski definition) is 3. The summed E-state index contributed by atoms with van der Waals surface area (Å²) in [6, 6.07) is 0.341. The monoisotopic (exact) mass is 423 g/mol. The Labute approximate surface area is 172 Å². The maximum atomic E-state index is 14.4. The van der Waals surface area contributed by atoms with E-state index in [1.165, 1.54) is 7.05 Å². The van der Waals surface area contributed by atoms with E-state index in [0.717, 1.165) is 6.07 Å². The number of rotatable bonds is 4. The predicted octanol–water partition coefficient (Wildman–Crippen LogP) is 1.96. The molecule has 1 aliphatic rings. The zero-order valence-corrected chi connectivity index (χ0v) is 17.2. The highest BCUT2D eigenvalue weighted by atomic mass is 19.2. The van der Waals surface area contributed by atoms with Gasteiger partial charge in [-0.05, 0) is 11.5 Å². The molecule has 3 N–H and O–H groups in total. The Morgan fingerprint density at radius 3 is 2.47 bits per heavy atom. The maximum Gasteiger partial charge on any atom is 0.272 e. The van der Waals surface area contributed by atoms with Crippen molar-refractivity contribution in [2.75, 3.05) is 13.6 Å². The molecule has 1 atom stereocenters. The van der Waals surface area contributed by atoms with Crippen molar-refractivity contribution in [1.82, 2.24) is 25.5 Å². The van der Waals surface area contributed by atoms with Crippen LogP contribution in [0.2, 0.25) is 0 Å². The highest BCUT2D eigenvalue weighted by molar-refractivity contribution is 5.97. The third-order valence-corrected chi connectivity index (χ3v) is 4.99. The van der Waals surface area contributed by atoms with Crippen molar-refractivity contribution in [3.8, 4) is 11.4 Å². The van der Waals surface area contributed by atoms with Crippen molar-refractivity contribution in [2.45, 2.75) is 39.9 Å².